The predicted molar refractivity (Wildman–Crippen MR) is 165 cm³/mol. The van der Waals surface area contributed by atoms with Crippen LogP contribution in [0, 0.1) is 0 Å². The summed E-state index contributed by atoms with van der Waals surface area (Å²) in [6.45, 7) is 10.7. The summed E-state index contributed by atoms with van der Waals surface area (Å²) in [7, 11) is -0.385. The molecule has 0 heterocycles. The van der Waals surface area contributed by atoms with E-state index in [-0.39, 0.29) is 0 Å². The van der Waals surface area contributed by atoms with Crippen molar-refractivity contribution < 1.29 is 41.5 Å². The molecule has 0 aliphatic heterocycles. The molecule has 0 amide bonds. The molecule has 10 nitrogen and oxygen atoms in total. The molecule has 0 radical (unpaired) electrons. The van der Waals surface area contributed by atoms with Gasteiger partial charge in [0.25, 0.3) is 0 Å². The number of hydrogen-bond donors (Lipinski definition) is 0. The van der Waals surface area contributed by atoms with E-state index in [2.05, 4.69) is 24.3 Å². The zero-order valence-corrected chi connectivity index (χ0v) is 27.5. The molecule has 0 N–H and O–H groups in total. The average Bonchev–Trinajstić information content (AvgIpc) is 2.83. The van der Waals surface area contributed by atoms with Gasteiger partial charge in [0.15, 0.2) is 14.7 Å². The van der Waals surface area contributed by atoms with Crippen molar-refractivity contribution >= 4 is 39.0 Å². The van der Waals surface area contributed by atoms with Crippen LogP contribution in [0.3, 0.4) is 0 Å². The second-order valence-electron chi connectivity index (χ2n) is 11.5. The molecular formula is C31H39NO9S2. The second-order valence-corrected chi connectivity index (χ2v) is 14.9. The minimum absolute atomic E-state index is 0.399. The molecule has 3 rings (SSSR count). The van der Waals surface area contributed by atoms with Gasteiger partial charge in [-0.3, -0.25) is 0 Å². The highest BCUT2D eigenvalue weighted by molar-refractivity contribution is 7.97. The fraction of sp³-hybridized carbons (Fsp3) is 0.355. The molecule has 0 aromatic heterocycles. The monoisotopic (exact) mass is 633 g/mol. The van der Waals surface area contributed by atoms with Crippen LogP contribution in [0.1, 0.15) is 41.5 Å². The number of nitrogens with zero attached hydrogens (tertiary/aromatic N) is 1. The summed E-state index contributed by atoms with van der Waals surface area (Å²) in [5.41, 5.74) is -0.178. The van der Waals surface area contributed by atoms with Crippen molar-refractivity contribution in [1.82, 2.24) is 0 Å². The molecule has 0 atom stereocenters. The van der Waals surface area contributed by atoms with E-state index in [1.54, 1.807) is 65.8 Å². The lowest BCUT2D eigenvalue weighted by Gasteiger charge is -2.18. The van der Waals surface area contributed by atoms with E-state index in [0.717, 1.165) is 20.4 Å². The summed E-state index contributed by atoms with van der Waals surface area (Å²) in [5.74, 6) is 0.797. The molecule has 12 heteroatoms. The van der Waals surface area contributed by atoms with Crippen LogP contribution in [0.25, 0.3) is 0 Å². The molecule has 43 heavy (non-hydrogen) atoms. The third kappa shape index (κ3) is 13.9. The quantitative estimate of drug-likeness (QED) is 0.126. The fourth-order valence-corrected chi connectivity index (χ4v) is 5.35. The highest BCUT2D eigenvalue weighted by Crippen LogP contribution is 2.34. The van der Waals surface area contributed by atoms with Crippen molar-refractivity contribution in [3.63, 3.8) is 0 Å². The van der Waals surface area contributed by atoms with Gasteiger partial charge >= 0.3 is 12.3 Å². The maximum atomic E-state index is 12.1. The molecule has 3 aromatic carbocycles. The Kier molecular flexibility index (Phi) is 12.1. The van der Waals surface area contributed by atoms with Gasteiger partial charge in [-0.1, -0.05) is 0 Å². The van der Waals surface area contributed by atoms with Crippen LogP contribution in [0.5, 0.6) is 11.5 Å². The zero-order valence-electron chi connectivity index (χ0n) is 25.9. The standard InChI is InChI=1S/C30H36NO6S.CH4O3S/c1-29(2,3)36-27(32)34-22-11-17-25(18-12-22)38(24-15-9-21(10-16-24)31(7)8)26-19-13-23(14-20-26)35-28(33)37-30(4,5)6;1-5(2,3)4/h9-20H,1-8H3;1H3,(H,2,3,4)/q+1;/p-1. The number of carbonyl (C=O) groups is 2. The van der Waals surface area contributed by atoms with Crippen molar-refractivity contribution in [2.24, 2.45) is 0 Å². The van der Waals surface area contributed by atoms with Crippen LogP contribution >= 0.6 is 0 Å². The van der Waals surface area contributed by atoms with Gasteiger partial charge in [0.05, 0.1) is 21.0 Å². The van der Waals surface area contributed by atoms with E-state index in [4.69, 9.17) is 31.9 Å². The zero-order chi connectivity index (χ0) is 32.6. The van der Waals surface area contributed by atoms with Gasteiger partial charge in [-0.15, -0.1) is 0 Å². The molecule has 234 valence electrons. The van der Waals surface area contributed by atoms with Crippen LogP contribution in [-0.2, 0) is 30.5 Å². The number of hydrogen-bond acceptors (Lipinski definition) is 10. The normalized spacial score (nSPS) is 11.6. The molecule has 0 fully saturated rings. The lowest BCUT2D eigenvalue weighted by molar-refractivity contribution is 0.0193. The SMILES string of the molecule is CN(C)c1ccc([S+](c2ccc(OC(=O)OC(C)(C)C)cc2)c2ccc(OC(=O)OC(C)(C)C)cc2)cc1.CS(=O)(=O)[O-]. The molecule has 3 aromatic rings. The van der Waals surface area contributed by atoms with Crippen molar-refractivity contribution in [3.05, 3.63) is 72.8 Å². The van der Waals surface area contributed by atoms with E-state index in [9.17, 15) is 9.59 Å². The minimum atomic E-state index is -3.92. The summed E-state index contributed by atoms with van der Waals surface area (Å²) in [5, 5.41) is 0. The van der Waals surface area contributed by atoms with Gasteiger partial charge in [-0.05, 0) is 114 Å². The summed E-state index contributed by atoms with van der Waals surface area (Å²) < 4.78 is 48.4. The molecule has 0 saturated carbocycles. The van der Waals surface area contributed by atoms with E-state index in [0.29, 0.717) is 17.8 Å². The highest BCUT2D eigenvalue weighted by atomic mass is 32.2. The Labute approximate surface area is 257 Å². The molecule has 0 aliphatic rings. The first-order valence-corrected chi connectivity index (χ1v) is 16.2. The molecule has 0 unspecified atom stereocenters. The first-order chi connectivity index (χ1) is 19.7. The van der Waals surface area contributed by atoms with Gasteiger partial charge in [-0.25, -0.2) is 18.0 Å². The predicted octanol–water partition coefficient (Wildman–Crippen LogP) is 6.64. The average molecular weight is 634 g/mol. The van der Waals surface area contributed by atoms with Gasteiger partial charge in [0.2, 0.25) is 0 Å². The summed E-state index contributed by atoms with van der Waals surface area (Å²) in [6.07, 6.45) is -0.888. The van der Waals surface area contributed by atoms with Gasteiger partial charge in [-0.2, -0.15) is 0 Å². The maximum absolute atomic E-state index is 12.1. The van der Waals surface area contributed by atoms with Crippen LogP contribution in [0.15, 0.2) is 87.5 Å². The van der Waals surface area contributed by atoms with Crippen molar-refractivity contribution in [2.75, 3.05) is 25.3 Å². The third-order valence-electron chi connectivity index (χ3n) is 4.89. The Bertz CT molecular complexity index is 1370. The second kappa shape index (κ2) is 14.6. The molecule has 0 aliphatic carbocycles. The van der Waals surface area contributed by atoms with E-state index >= 15 is 0 Å². The number of rotatable bonds is 6. The summed E-state index contributed by atoms with van der Waals surface area (Å²) in [6, 6.07) is 23.2. The molecule has 0 saturated heterocycles. The largest absolute Gasteiger partial charge is 0.748 e. The Morgan fingerprint density at radius 3 is 1.19 bits per heavy atom. The van der Waals surface area contributed by atoms with Crippen LogP contribution in [0.2, 0.25) is 0 Å². The van der Waals surface area contributed by atoms with E-state index in [1.807, 2.05) is 43.3 Å². The summed E-state index contributed by atoms with van der Waals surface area (Å²) >= 11 is 0. The topological polar surface area (TPSA) is 132 Å². The Balaban J connectivity index is 0.00000119. The molecular weight excluding hydrogens is 594 g/mol. The number of anilines is 1. The molecule has 0 bridgehead atoms. The fourth-order valence-electron chi connectivity index (χ4n) is 3.31. The van der Waals surface area contributed by atoms with Gasteiger partial charge in [0, 0.05) is 26.0 Å². The van der Waals surface area contributed by atoms with Crippen molar-refractivity contribution in [3.8, 4) is 11.5 Å². The van der Waals surface area contributed by atoms with Gasteiger partial charge < -0.3 is 28.4 Å². The number of benzene rings is 3. The first kappa shape index (κ1) is 35.5. The molecule has 0 spiro atoms. The highest BCUT2D eigenvalue weighted by Gasteiger charge is 2.29. The maximum Gasteiger partial charge on any atom is 0.514 e. The van der Waals surface area contributed by atoms with Crippen molar-refractivity contribution in [2.45, 2.75) is 67.4 Å². The Hall–Kier alpha value is -3.74. The van der Waals surface area contributed by atoms with Crippen LogP contribution < -0.4 is 14.4 Å². The lowest BCUT2D eigenvalue weighted by Crippen LogP contribution is -2.26. The third-order valence-corrected chi connectivity index (χ3v) is 7.12. The summed E-state index contributed by atoms with van der Waals surface area (Å²) in [4.78, 5) is 29.4. The lowest BCUT2D eigenvalue weighted by atomic mass is 10.2. The minimum Gasteiger partial charge on any atom is -0.748 e. The number of carbonyl (C=O) groups excluding carboxylic acids is 2. The van der Waals surface area contributed by atoms with Crippen molar-refractivity contribution in [1.29, 1.82) is 0 Å². The first-order valence-electron chi connectivity index (χ1n) is 13.1. The smallest absolute Gasteiger partial charge is 0.514 e. The van der Waals surface area contributed by atoms with E-state index in [1.165, 1.54) is 0 Å². The van der Waals surface area contributed by atoms with E-state index < -0.39 is 44.5 Å². The number of ether oxygens (including phenoxy) is 4. The Morgan fingerprint density at radius 1 is 0.651 bits per heavy atom. The van der Waals surface area contributed by atoms with Gasteiger partial charge in [0.1, 0.15) is 22.7 Å². The Morgan fingerprint density at radius 2 is 0.930 bits per heavy atom. The van der Waals surface area contributed by atoms with Crippen LogP contribution in [-0.4, -0.2) is 56.8 Å². The van der Waals surface area contributed by atoms with Crippen LogP contribution in [0.4, 0.5) is 15.3 Å².